The van der Waals surface area contributed by atoms with Crippen LogP contribution in [0.1, 0.15) is 78.6 Å². The van der Waals surface area contributed by atoms with Gasteiger partial charge in [-0.15, -0.1) is 0 Å². The molecule has 0 N–H and O–H groups in total. The number of rotatable bonds is 7. The quantitative estimate of drug-likeness (QED) is 0.549. The minimum Gasteiger partial charge on any atom is -0.378 e. The average molecular weight is 332 g/mol. The summed E-state index contributed by atoms with van der Waals surface area (Å²) in [6.45, 7) is 7.18. The first-order valence-electron chi connectivity index (χ1n) is 9.59. The van der Waals surface area contributed by atoms with Crippen molar-refractivity contribution in [3.05, 3.63) is 0 Å². The van der Waals surface area contributed by atoms with E-state index in [2.05, 4.69) is 20.8 Å². The van der Waals surface area contributed by atoms with Crippen LogP contribution in [-0.2, 0) is 9.47 Å². The zero-order valence-corrected chi connectivity index (χ0v) is 15.0. The molecular weight excluding hydrogens is 298 g/mol. The summed E-state index contributed by atoms with van der Waals surface area (Å²) in [6, 6.07) is 0. The zero-order chi connectivity index (χ0) is 16.9. The minimum absolute atomic E-state index is 0.213. The standard InChI is InChI=1S/C19H34F2O2/c1-4-5-12-22-18-11-10-17(13-15(18)3)23-19(20,21)16-8-6-14(2)7-9-16/h14-18H,4-13H2,1-3H3. The van der Waals surface area contributed by atoms with Crippen LogP contribution < -0.4 is 0 Å². The van der Waals surface area contributed by atoms with Crippen molar-refractivity contribution in [1.29, 1.82) is 0 Å². The summed E-state index contributed by atoms with van der Waals surface area (Å²) >= 11 is 0. The summed E-state index contributed by atoms with van der Waals surface area (Å²) in [5, 5.41) is 0. The molecule has 2 rings (SSSR count). The molecule has 0 spiro atoms. The number of hydrogen-bond donors (Lipinski definition) is 0. The van der Waals surface area contributed by atoms with E-state index in [0.29, 0.717) is 37.5 Å². The van der Waals surface area contributed by atoms with Gasteiger partial charge in [0.25, 0.3) is 0 Å². The topological polar surface area (TPSA) is 18.5 Å². The Hall–Kier alpha value is -0.220. The second kappa shape index (κ2) is 8.75. The van der Waals surface area contributed by atoms with Crippen LogP contribution in [0.4, 0.5) is 8.78 Å². The average Bonchev–Trinajstić information content (AvgIpc) is 2.50. The largest absolute Gasteiger partial charge is 0.378 e. The molecule has 4 heteroatoms. The van der Waals surface area contributed by atoms with Crippen molar-refractivity contribution < 1.29 is 18.3 Å². The Morgan fingerprint density at radius 1 is 1.00 bits per heavy atom. The molecule has 2 aliphatic carbocycles. The van der Waals surface area contributed by atoms with Gasteiger partial charge in [-0.2, -0.15) is 8.78 Å². The first kappa shape index (κ1) is 19.1. The van der Waals surface area contributed by atoms with Crippen molar-refractivity contribution in [2.45, 2.75) is 96.9 Å². The number of alkyl halides is 2. The molecule has 0 saturated heterocycles. The third-order valence-electron chi connectivity index (χ3n) is 5.69. The van der Waals surface area contributed by atoms with E-state index in [1.807, 2.05) is 0 Å². The molecule has 2 saturated carbocycles. The van der Waals surface area contributed by atoms with E-state index in [9.17, 15) is 8.78 Å². The molecule has 0 aliphatic heterocycles. The lowest BCUT2D eigenvalue weighted by Gasteiger charge is -2.38. The van der Waals surface area contributed by atoms with Gasteiger partial charge in [0.05, 0.1) is 18.1 Å². The van der Waals surface area contributed by atoms with Crippen LogP contribution in [0.3, 0.4) is 0 Å². The fourth-order valence-corrected chi connectivity index (χ4v) is 3.97. The van der Waals surface area contributed by atoms with E-state index in [0.717, 1.165) is 38.7 Å². The molecule has 0 bridgehead atoms. The Morgan fingerprint density at radius 3 is 2.30 bits per heavy atom. The highest BCUT2D eigenvalue weighted by atomic mass is 19.3. The van der Waals surface area contributed by atoms with Crippen LogP contribution in [0.25, 0.3) is 0 Å². The maximum Gasteiger partial charge on any atom is 0.358 e. The van der Waals surface area contributed by atoms with Crippen molar-refractivity contribution in [2.75, 3.05) is 6.61 Å². The fraction of sp³-hybridized carbons (Fsp3) is 1.00. The monoisotopic (exact) mass is 332 g/mol. The van der Waals surface area contributed by atoms with E-state index in [4.69, 9.17) is 9.47 Å². The number of hydrogen-bond acceptors (Lipinski definition) is 2. The summed E-state index contributed by atoms with van der Waals surface area (Å²) in [6.07, 6.45) is 4.36. The van der Waals surface area contributed by atoms with Gasteiger partial charge in [-0.1, -0.05) is 40.0 Å². The van der Waals surface area contributed by atoms with Gasteiger partial charge in [-0.25, -0.2) is 0 Å². The minimum atomic E-state index is -2.96. The van der Waals surface area contributed by atoms with E-state index in [1.165, 1.54) is 0 Å². The normalized spacial score (nSPS) is 36.1. The highest BCUT2D eigenvalue weighted by molar-refractivity contribution is 4.82. The molecule has 0 amide bonds. The van der Waals surface area contributed by atoms with Gasteiger partial charge >= 0.3 is 6.11 Å². The number of ether oxygens (including phenoxy) is 2. The third kappa shape index (κ3) is 5.67. The molecule has 2 nitrogen and oxygen atoms in total. The fourth-order valence-electron chi connectivity index (χ4n) is 3.97. The molecule has 3 unspecified atom stereocenters. The van der Waals surface area contributed by atoms with Crippen molar-refractivity contribution in [1.82, 2.24) is 0 Å². The maximum atomic E-state index is 14.4. The van der Waals surface area contributed by atoms with Crippen LogP contribution in [0, 0.1) is 17.8 Å². The number of unbranched alkanes of at least 4 members (excludes halogenated alkanes) is 1. The van der Waals surface area contributed by atoms with Crippen LogP contribution >= 0.6 is 0 Å². The Balaban J connectivity index is 1.77. The predicted octanol–water partition coefficient (Wildman–Crippen LogP) is 5.80. The summed E-state index contributed by atoms with van der Waals surface area (Å²) in [7, 11) is 0. The highest BCUT2D eigenvalue weighted by Gasteiger charge is 2.45. The summed E-state index contributed by atoms with van der Waals surface area (Å²) < 4.78 is 40.1. The molecule has 0 aromatic rings. The molecule has 136 valence electrons. The Kier molecular flexibility index (Phi) is 7.27. The molecule has 3 atom stereocenters. The van der Waals surface area contributed by atoms with E-state index < -0.39 is 12.0 Å². The second-order valence-corrected chi connectivity index (χ2v) is 7.81. The van der Waals surface area contributed by atoms with E-state index in [1.54, 1.807) is 0 Å². The van der Waals surface area contributed by atoms with Crippen molar-refractivity contribution in [2.24, 2.45) is 17.8 Å². The maximum absolute atomic E-state index is 14.4. The van der Waals surface area contributed by atoms with Crippen LogP contribution in [0.5, 0.6) is 0 Å². The third-order valence-corrected chi connectivity index (χ3v) is 5.69. The molecule has 0 heterocycles. The lowest BCUT2D eigenvalue weighted by molar-refractivity contribution is -0.304. The lowest BCUT2D eigenvalue weighted by Crippen LogP contribution is -2.41. The SMILES string of the molecule is CCCCOC1CCC(OC(F)(F)C2CCC(C)CC2)CC1C. The Bertz CT molecular complexity index is 340. The van der Waals surface area contributed by atoms with Gasteiger partial charge in [0.2, 0.25) is 0 Å². The van der Waals surface area contributed by atoms with Gasteiger partial charge in [0.1, 0.15) is 0 Å². The van der Waals surface area contributed by atoms with Gasteiger partial charge in [-0.05, 0) is 50.4 Å². The molecule has 23 heavy (non-hydrogen) atoms. The first-order chi connectivity index (χ1) is 10.9. The molecule has 2 fully saturated rings. The molecular formula is C19H34F2O2. The Labute approximate surface area is 140 Å². The highest BCUT2D eigenvalue weighted by Crippen LogP contribution is 2.42. The summed E-state index contributed by atoms with van der Waals surface area (Å²) in [5.74, 6) is 0.290. The second-order valence-electron chi connectivity index (χ2n) is 7.81. The zero-order valence-electron chi connectivity index (χ0n) is 15.0. The molecule has 2 aliphatic rings. The molecule has 0 radical (unpaired) electrons. The van der Waals surface area contributed by atoms with Crippen molar-refractivity contribution in [3.63, 3.8) is 0 Å². The van der Waals surface area contributed by atoms with Gasteiger partial charge < -0.3 is 9.47 Å². The summed E-state index contributed by atoms with van der Waals surface area (Å²) in [5.41, 5.74) is 0. The van der Waals surface area contributed by atoms with Crippen molar-refractivity contribution in [3.8, 4) is 0 Å². The number of halogens is 2. The van der Waals surface area contributed by atoms with Crippen LogP contribution in [0.2, 0.25) is 0 Å². The van der Waals surface area contributed by atoms with Gasteiger partial charge in [0, 0.05) is 6.61 Å². The summed E-state index contributed by atoms with van der Waals surface area (Å²) in [4.78, 5) is 0. The van der Waals surface area contributed by atoms with E-state index >= 15 is 0 Å². The van der Waals surface area contributed by atoms with Crippen LogP contribution in [-0.4, -0.2) is 24.9 Å². The van der Waals surface area contributed by atoms with Crippen LogP contribution in [0.15, 0.2) is 0 Å². The molecule has 0 aromatic heterocycles. The first-order valence-corrected chi connectivity index (χ1v) is 9.59. The van der Waals surface area contributed by atoms with E-state index in [-0.39, 0.29) is 12.2 Å². The Morgan fingerprint density at radius 2 is 1.70 bits per heavy atom. The molecule has 0 aromatic carbocycles. The smallest absolute Gasteiger partial charge is 0.358 e. The predicted molar refractivity (Wildman–Crippen MR) is 88.6 cm³/mol. The lowest BCUT2D eigenvalue weighted by atomic mass is 9.82. The van der Waals surface area contributed by atoms with Gasteiger partial charge in [-0.3, -0.25) is 0 Å². The van der Waals surface area contributed by atoms with Gasteiger partial charge in [0.15, 0.2) is 0 Å². The van der Waals surface area contributed by atoms with Crippen molar-refractivity contribution >= 4 is 0 Å².